The molecule has 0 bridgehead atoms. The molecule has 0 saturated heterocycles. The number of hydrogen-bond acceptors (Lipinski definition) is 8. The van der Waals surface area contributed by atoms with E-state index in [9.17, 15) is 13.5 Å². The molecule has 162 valence electrons. The van der Waals surface area contributed by atoms with Crippen LogP contribution in [0.4, 0.5) is 0 Å². The van der Waals surface area contributed by atoms with Crippen LogP contribution >= 0.6 is 11.3 Å². The van der Waals surface area contributed by atoms with Gasteiger partial charge in [0, 0.05) is 18.0 Å². The summed E-state index contributed by atoms with van der Waals surface area (Å²) in [6, 6.07) is 8.35. The van der Waals surface area contributed by atoms with Crippen LogP contribution in [0.3, 0.4) is 0 Å². The van der Waals surface area contributed by atoms with Crippen LogP contribution in [0, 0.1) is 6.92 Å². The zero-order chi connectivity index (χ0) is 22.4. The van der Waals surface area contributed by atoms with E-state index in [-0.39, 0.29) is 16.4 Å². The van der Waals surface area contributed by atoms with Gasteiger partial charge in [-0.1, -0.05) is 11.3 Å². The molecule has 8 nitrogen and oxygen atoms in total. The summed E-state index contributed by atoms with van der Waals surface area (Å²) in [5.41, 5.74) is 1.56. The van der Waals surface area contributed by atoms with Crippen molar-refractivity contribution in [2.45, 2.75) is 37.0 Å². The minimum Gasteiger partial charge on any atom is -0.495 e. The fourth-order valence-electron chi connectivity index (χ4n) is 3.27. The van der Waals surface area contributed by atoms with E-state index in [1.54, 1.807) is 61.1 Å². The number of fused-ring (bicyclic) bond motifs is 1. The van der Waals surface area contributed by atoms with E-state index in [2.05, 4.69) is 15.1 Å². The van der Waals surface area contributed by atoms with Crippen LogP contribution in [0.5, 0.6) is 5.75 Å². The third-order valence-corrected chi connectivity index (χ3v) is 7.70. The number of aryl methyl sites for hydroxylation is 1. The molecule has 1 aromatic carbocycles. The van der Waals surface area contributed by atoms with Gasteiger partial charge in [0.2, 0.25) is 4.96 Å². The molecule has 4 rings (SSSR count). The predicted molar refractivity (Wildman–Crippen MR) is 118 cm³/mol. The molecule has 3 aromatic heterocycles. The number of nitrogens with zero attached hydrogens (tertiary/aromatic N) is 4. The molecule has 10 heteroatoms. The smallest absolute Gasteiger partial charge is 0.213 e. The number of pyridine rings is 1. The van der Waals surface area contributed by atoms with Crippen LogP contribution in [0.2, 0.25) is 0 Å². The normalized spacial score (nSPS) is 12.4. The van der Waals surface area contributed by atoms with Gasteiger partial charge >= 0.3 is 0 Å². The molecule has 3 heterocycles. The molecule has 0 aliphatic heterocycles. The second kappa shape index (κ2) is 7.70. The summed E-state index contributed by atoms with van der Waals surface area (Å²) < 4.78 is 33.4. The van der Waals surface area contributed by atoms with Crippen molar-refractivity contribution in [2.24, 2.45) is 0 Å². The van der Waals surface area contributed by atoms with Gasteiger partial charge in [0.25, 0.3) is 0 Å². The van der Waals surface area contributed by atoms with Gasteiger partial charge in [-0.05, 0) is 56.7 Å². The molecular weight excluding hydrogens is 436 g/mol. The SMILES string of the molecule is COc1ccc(-c2c(C)nc3sc(C(C)(C)O)nn23)cc1S(=O)(=O)Cc1ccncc1. The quantitative estimate of drug-likeness (QED) is 0.472. The number of hydrogen-bond donors (Lipinski definition) is 1. The predicted octanol–water partition coefficient (Wildman–Crippen LogP) is 3.37. The number of rotatable bonds is 6. The minimum absolute atomic E-state index is 0.0941. The van der Waals surface area contributed by atoms with E-state index in [1.807, 2.05) is 6.92 Å². The zero-order valence-electron chi connectivity index (χ0n) is 17.5. The van der Waals surface area contributed by atoms with Crippen molar-refractivity contribution in [3.05, 3.63) is 59.0 Å². The van der Waals surface area contributed by atoms with Gasteiger partial charge in [-0.3, -0.25) is 4.98 Å². The van der Waals surface area contributed by atoms with Gasteiger partial charge in [0.05, 0.1) is 24.3 Å². The number of imidazole rings is 1. The lowest BCUT2D eigenvalue weighted by atomic mass is 10.1. The lowest BCUT2D eigenvalue weighted by Crippen LogP contribution is -2.15. The van der Waals surface area contributed by atoms with Gasteiger partial charge in [-0.2, -0.15) is 5.10 Å². The molecule has 0 aliphatic rings. The fourth-order valence-corrected chi connectivity index (χ4v) is 5.77. The first-order valence-corrected chi connectivity index (χ1v) is 12.0. The maximum Gasteiger partial charge on any atom is 0.213 e. The van der Waals surface area contributed by atoms with Crippen LogP contribution in [0.1, 0.15) is 30.1 Å². The summed E-state index contributed by atoms with van der Waals surface area (Å²) in [6.07, 6.45) is 3.13. The molecular formula is C21H22N4O4S2. The van der Waals surface area contributed by atoms with Gasteiger partial charge in [-0.15, -0.1) is 0 Å². The third-order valence-electron chi connectivity index (χ3n) is 4.78. The summed E-state index contributed by atoms with van der Waals surface area (Å²) in [5.74, 6) is 0.0991. The van der Waals surface area contributed by atoms with E-state index in [0.29, 0.717) is 32.5 Å². The molecule has 0 amide bonds. The van der Waals surface area contributed by atoms with E-state index >= 15 is 0 Å². The van der Waals surface area contributed by atoms with Crippen molar-refractivity contribution >= 4 is 26.1 Å². The third kappa shape index (κ3) is 4.06. The molecule has 1 N–H and O–H groups in total. The van der Waals surface area contributed by atoms with Crippen molar-refractivity contribution in [3.63, 3.8) is 0 Å². The number of sulfone groups is 1. The Morgan fingerprint density at radius 2 is 1.90 bits per heavy atom. The van der Waals surface area contributed by atoms with Crippen LogP contribution in [0.25, 0.3) is 16.2 Å². The maximum absolute atomic E-state index is 13.2. The van der Waals surface area contributed by atoms with Crippen molar-refractivity contribution in [2.75, 3.05) is 7.11 Å². The molecule has 0 unspecified atom stereocenters. The van der Waals surface area contributed by atoms with E-state index in [1.165, 1.54) is 18.4 Å². The lowest BCUT2D eigenvalue weighted by molar-refractivity contribution is 0.0773. The molecule has 0 spiro atoms. The summed E-state index contributed by atoms with van der Waals surface area (Å²) in [5, 5.41) is 15.3. The zero-order valence-corrected chi connectivity index (χ0v) is 19.2. The average Bonchev–Trinajstić information content (AvgIpc) is 3.25. The number of aromatic nitrogens is 4. The molecule has 4 aromatic rings. The highest BCUT2D eigenvalue weighted by Crippen LogP contribution is 2.35. The maximum atomic E-state index is 13.2. The largest absolute Gasteiger partial charge is 0.495 e. The Morgan fingerprint density at radius 3 is 2.55 bits per heavy atom. The Labute approximate surface area is 184 Å². The van der Waals surface area contributed by atoms with Crippen LogP contribution in [-0.2, 0) is 21.2 Å². The fraction of sp³-hybridized carbons (Fsp3) is 0.286. The summed E-state index contributed by atoms with van der Waals surface area (Å²) in [6.45, 7) is 5.17. The Hall–Kier alpha value is -2.82. The van der Waals surface area contributed by atoms with Crippen LogP contribution < -0.4 is 4.74 Å². The summed E-state index contributed by atoms with van der Waals surface area (Å²) in [7, 11) is -2.25. The Morgan fingerprint density at radius 1 is 1.19 bits per heavy atom. The first-order chi connectivity index (χ1) is 14.6. The molecule has 0 radical (unpaired) electrons. The first kappa shape index (κ1) is 21.4. The van der Waals surface area contributed by atoms with E-state index in [0.717, 1.165) is 0 Å². The molecule has 0 saturated carbocycles. The van der Waals surface area contributed by atoms with Gasteiger partial charge < -0.3 is 9.84 Å². The van der Waals surface area contributed by atoms with Crippen molar-refractivity contribution in [1.82, 2.24) is 19.6 Å². The second-order valence-electron chi connectivity index (χ2n) is 7.69. The Balaban J connectivity index is 1.85. The van der Waals surface area contributed by atoms with Gasteiger partial charge in [-0.25, -0.2) is 17.9 Å². The molecule has 0 aliphatic carbocycles. The number of aliphatic hydroxyl groups is 1. The van der Waals surface area contributed by atoms with Gasteiger partial charge in [0.1, 0.15) is 21.3 Å². The second-order valence-corrected chi connectivity index (χ2v) is 10.6. The van der Waals surface area contributed by atoms with Gasteiger partial charge in [0.15, 0.2) is 9.84 Å². The van der Waals surface area contributed by atoms with Crippen molar-refractivity contribution in [1.29, 1.82) is 0 Å². The lowest BCUT2D eigenvalue weighted by Gasteiger charge is -2.13. The van der Waals surface area contributed by atoms with Crippen LogP contribution in [-0.4, -0.2) is 40.2 Å². The Bertz CT molecular complexity index is 1350. The Kier molecular flexibility index (Phi) is 5.32. The molecule has 0 atom stereocenters. The number of ether oxygens (including phenoxy) is 1. The standard InChI is InChI=1S/C21H22N4O4S2/c1-13-18(25-20(23-13)30-19(24-25)21(2,3)26)15-5-6-16(29-4)17(11-15)31(27,28)12-14-7-9-22-10-8-14/h5-11,26H,12H2,1-4H3. The van der Waals surface area contributed by atoms with Crippen LogP contribution in [0.15, 0.2) is 47.6 Å². The average molecular weight is 459 g/mol. The van der Waals surface area contributed by atoms with Crippen molar-refractivity contribution < 1.29 is 18.3 Å². The van der Waals surface area contributed by atoms with E-state index < -0.39 is 15.4 Å². The minimum atomic E-state index is -3.69. The first-order valence-electron chi connectivity index (χ1n) is 9.49. The monoisotopic (exact) mass is 458 g/mol. The summed E-state index contributed by atoms with van der Waals surface area (Å²) >= 11 is 1.29. The highest BCUT2D eigenvalue weighted by molar-refractivity contribution is 7.90. The highest BCUT2D eigenvalue weighted by atomic mass is 32.2. The summed E-state index contributed by atoms with van der Waals surface area (Å²) in [4.78, 5) is 9.20. The van der Waals surface area contributed by atoms with Crippen molar-refractivity contribution in [3.8, 4) is 17.0 Å². The van der Waals surface area contributed by atoms with E-state index in [4.69, 9.17) is 4.74 Å². The highest BCUT2D eigenvalue weighted by Gasteiger charge is 2.26. The molecule has 0 fully saturated rings. The number of methoxy groups -OCH3 is 1. The number of benzene rings is 1. The topological polar surface area (TPSA) is 107 Å². The molecule has 31 heavy (non-hydrogen) atoms.